The second-order valence-electron chi connectivity index (χ2n) is 3.64. The van der Waals surface area contributed by atoms with Crippen LogP contribution >= 0.6 is 0 Å². The monoisotopic (exact) mass is 247 g/mol. The highest BCUT2D eigenvalue weighted by atomic mass is 16.4. The third-order valence-electron chi connectivity index (χ3n) is 2.08. The quantitative estimate of drug-likeness (QED) is 0.687. The van der Waals surface area contributed by atoms with E-state index in [0.29, 0.717) is 5.56 Å². The minimum Gasteiger partial charge on any atom is -0.508 e. The van der Waals surface area contributed by atoms with Crippen LogP contribution in [0.3, 0.4) is 0 Å². The van der Waals surface area contributed by atoms with Gasteiger partial charge in [0.2, 0.25) is 5.91 Å². The van der Waals surface area contributed by atoms with Gasteiger partial charge in [0, 0.05) is 18.9 Å². The molecule has 0 radical (unpaired) electrons. The van der Waals surface area contributed by atoms with Crippen LogP contribution in [-0.2, 0) is 9.59 Å². The highest BCUT2D eigenvalue weighted by Crippen LogP contribution is 2.08. The Morgan fingerprint density at radius 2 is 1.94 bits per heavy atom. The van der Waals surface area contributed by atoms with Crippen LogP contribution in [0.5, 0.6) is 5.75 Å². The van der Waals surface area contributed by atoms with Gasteiger partial charge in [-0.15, -0.1) is 0 Å². The summed E-state index contributed by atoms with van der Waals surface area (Å²) in [6.45, 7) is 1.25. The van der Waals surface area contributed by atoms with E-state index in [-0.39, 0.29) is 12.2 Å². The van der Waals surface area contributed by atoms with Gasteiger partial charge in [-0.1, -0.05) is 11.8 Å². The number of carboxylic acid groups (broad SMARTS) is 1. The lowest BCUT2D eigenvalue weighted by Gasteiger charge is -2.08. The number of phenolic OH excluding ortho intramolecular Hbond substituents is 1. The highest BCUT2D eigenvalue weighted by molar-refractivity contribution is 5.82. The SMILES string of the molecule is CC(=O)NC(CC#Cc1ccc(O)cc1)C(=O)O. The van der Waals surface area contributed by atoms with E-state index in [0.717, 1.165) is 0 Å². The van der Waals surface area contributed by atoms with E-state index in [1.165, 1.54) is 19.1 Å². The topological polar surface area (TPSA) is 86.6 Å². The maximum Gasteiger partial charge on any atom is 0.327 e. The summed E-state index contributed by atoms with van der Waals surface area (Å²) in [5.74, 6) is 4.05. The summed E-state index contributed by atoms with van der Waals surface area (Å²) in [5.41, 5.74) is 0.666. The van der Waals surface area contributed by atoms with Gasteiger partial charge >= 0.3 is 5.97 Å². The molecule has 5 nitrogen and oxygen atoms in total. The van der Waals surface area contributed by atoms with E-state index in [2.05, 4.69) is 17.2 Å². The molecular formula is C13H13NO4. The van der Waals surface area contributed by atoms with Crippen LogP contribution in [0.2, 0.25) is 0 Å². The Labute approximate surface area is 104 Å². The van der Waals surface area contributed by atoms with Gasteiger partial charge in [0.25, 0.3) is 0 Å². The van der Waals surface area contributed by atoms with Gasteiger partial charge in [0.15, 0.2) is 0 Å². The van der Waals surface area contributed by atoms with Gasteiger partial charge in [-0.2, -0.15) is 0 Å². The van der Waals surface area contributed by atoms with Gasteiger partial charge in [0.1, 0.15) is 11.8 Å². The first-order chi connectivity index (χ1) is 8.49. The summed E-state index contributed by atoms with van der Waals surface area (Å²) in [6.07, 6.45) is 0.0236. The number of carbonyl (C=O) groups is 2. The van der Waals surface area contributed by atoms with E-state index in [1.807, 2.05) is 0 Å². The highest BCUT2D eigenvalue weighted by Gasteiger charge is 2.16. The predicted octanol–water partition coefficient (Wildman–Crippen LogP) is 0.723. The molecule has 0 aromatic heterocycles. The third-order valence-corrected chi connectivity index (χ3v) is 2.08. The summed E-state index contributed by atoms with van der Waals surface area (Å²) in [5, 5.41) is 20.2. The molecule has 1 unspecified atom stereocenters. The smallest absolute Gasteiger partial charge is 0.327 e. The molecule has 1 rings (SSSR count). The van der Waals surface area contributed by atoms with Crippen molar-refractivity contribution in [3.05, 3.63) is 29.8 Å². The van der Waals surface area contributed by atoms with Crippen LogP contribution in [0.15, 0.2) is 24.3 Å². The Balaban J connectivity index is 2.65. The van der Waals surface area contributed by atoms with Crippen molar-refractivity contribution in [1.82, 2.24) is 5.32 Å². The fourth-order valence-corrected chi connectivity index (χ4v) is 1.25. The Morgan fingerprint density at radius 1 is 1.33 bits per heavy atom. The minimum atomic E-state index is -1.12. The lowest BCUT2D eigenvalue weighted by atomic mass is 10.1. The van der Waals surface area contributed by atoms with E-state index in [1.54, 1.807) is 12.1 Å². The zero-order valence-corrected chi connectivity index (χ0v) is 9.80. The number of rotatable bonds is 3. The number of carbonyl (C=O) groups excluding carboxylic acids is 1. The summed E-state index contributed by atoms with van der Waals surface area (Å²) < 4.78 is 0. The Hall–Kier alpha value is -2.48. The molecule has 0 aliphatic carbocycles. The van der Waals surface area contributed by atoms with Crippen molar-refractivity contribution in [3.8, 4) is 17.6 Å². The molecule has 0 spiro atoms. The molecule has 1 aromatic carbocycles. The number of aliphatic carboxylic acids is 1. The first kappa shape index (κ1) is 13.6. The Kier molecular flexibility index (Phi) is 4.76. The molecule has 1 aromatic rings. The maximum absolute atomic E-state index is 10.8. The molecule has 18 heavy (non-hydrogen) atoms. The lowest BCUT2D eigenvalue weighted by molar-refractivity contribution is -0.141. The molecule has 94 valence electrons. The van der Waals surface area contributed by atoms with Crippen LogP contribution in [0.25, 0.3) is 0 Å². The number of benzene rings is 1. The van der Waals surface area contributed by atoms with Gasteiger partial charge in [-0.05, 0) is 24.3 Å². The average Bonchev–Trinajstić information content (AvgIpc) is 2.29. The van der Waals surface area contributed by atoms with Crippen LogP contribution < -0.4 is 5.32 Å². The van der Waals surface area contributed by atoms with Gasteiger partial charge in [0.05, 0.1) is 0 Å². The summed E-state index contributed by atoms with van der Waals surface area (Å²) in [4.78, 5) is 21.6. The largest absolute Gasteiger partial charge is 0.508 e. The number of hydrogen-bond donors (Lipinski definition) is 3. The standard InChI is InChI=1S/C13H13NO4/c1-9(15)14-12(13(17)18)4-2-3-10-5-7-11(16)8-6-10/h5-8,12,16H,4H2,1H3,(H,14,15)(H,17,18). The van der Waals surface area contributed by atoms with Crippen LogP contribution in [-0.4, -0.2) is 28.1 Å². The van der Waals surface area contributed by atoms with E-state index >= 15 is 0 Å². The number of carboxylic acids is 1. The van der Waals surface area contributed by atoms with E-state index < -0.39 is 17.9 Å². The van der Waals surface area contributed by atoms with Crippen LogP contribution in [0.4, 0.5) is 0 Å². The summed E-state index contributed by atoms with van der Waals surface area (Å²) in [7, 11) is 0. The fraction of sp³-hybridized carbons (Fsp3) is 0.231. The van der Waals surface area contributed by atoms with Crippen molar-refractivity contribution in [2.24, 2.45) is 0 Å². The fourth-order valence-electron chi connectivity index (χ4n) is 1.25. The van der Waals surface area contributed by atoms with Crippen molar-refractivity contribution < 1.29 is 19.8 Å². The molecule has 0 saturated carbocycles. The molecule has 0 saturated heterocycles. The third kappa shape index (κ3) is 4.58. The Morgan fingerprint density at radius 3 is 2.44 bits per heavy atom. The van der Waals surface area contributed by atoms with Gasteiger partial charge in [-0.25, -0.2) is 4.79 Å². The number of aromatic hydroxyl groups is 1. The maximum atomic E-state index is 10.8. The molecule has 3 N–H and O–H groups in total. The summed E-state index contributed by atoms with van der Waals surface area (Å²) >= 11 is 0. The first-order valence-corrected chi connectivity index (χ1v) is 5.27. The lowest BCUT2D eigenvalue weighted by Crippen LogP contribution is -2.39. The number of hydrogen-bond acceptors (Lipinski definition) is 3. The first-order valence-electron chi connectivity index (χ1n) is 5.27. The predicted molar refractivity (Wildman–Crippen MR) is 64.8 cm³/mol. The molecule has 5 heteroatoms. The number of amides is 1. The average molecular weight is 247 g/mol. The molecule has 0 heterocycles. The number of nitrogens with one attached hydrogen (secondary N) is 1. The van der Waals surface area contributed by atoms with Crippen molar-refractivity contribution in [2.45, 2.75) is 19.4 Å². The van der Waals surface area contributed by atoms with E-state index in [4.69, 9.17) is 10.2 Å². The molecule has 0 aliphatic heterocycles. The van der Waals surface area contributed by atoms with Crippen LogP contribution in [0, 0.1) is 11.8 Å². The second kappa shape index (κ2) is 6.30. The Bertz CT molecular complexity index is 496. The van der Waals surface area contributed by atoms with Crippen molar-refractivity contribution >= 4 is 11.9 Å². The number of phenols is 1. The van der Waals surface area contributed by atoms with Gasteiger partial charge < -0.3 is 15.5 Å². The van der Waals surface area contributed by atoms with Crippen molar-refractivity contribution in [2.75, 3.05) is 0 Å². The zero-order valence-electron chi connectivity index (χ0n) is 9.80. The van der Waals surface area contributed by atoms with Crippen LogP contribution in [0.1, 0.15) is 18.9 Å². The van der Waals surface area contributed by atoms with E-state index in [9.17, 15) is 9.59 Å². The second-order valence-corrected chi connectivity index (χ2v) is 3.64. The van der Waals surface area contributed by atoms with Gasteiger partial charge in [-0.3, -0.25) is 4.79 Å². The van der Waals surface area contributed by atoms with Crippen molar-refractivity contribution in [3.63, 3.8) is 0 Å². The minimum absolute atomic E-state index is 0.0236. The molecule has 0 bridgehead atoms. The molecular weight excluding hydrogens is 234 g/mol. The summed E-state index contributed by atoms with van der Waals surface area (Å²) in [6, 6.07) is 5.22. The molecule has 1 amide bonds. The zero-order chi connectivity index (χ0) is 13.5. The molecule has 1 atom stereocenters. The van der Waals surface area contributed by atoms with Crippen molar-refractivity contribution in [1.29, 1.82) is 0 Å². The molecule has 0 fully saturated rings. The molecule has 0 aliphatic rings. The normalized spacial score (nSPS) is 10.9.